The third-order valence-electron chi connectivity index (χ3n) is 3.52. The molecule has 0 amide bonds. The number of likely N-dealkylation sites (N-methyl/N-ethyl adjacent to an activating group) is 1. The Labute approximate surface area is 125 Å². The molecule has 0 saturated carbocycles. The Morgan fingerprint density at radius 3 is 3.05 bits per heavy atom. The fourth-order valence-corrected chi connectivity index (χ4v) is 2.51. The van der Waals surface area contributed by atoms with E-state index >= 15 is 0 Å². The summed E-state index contributed by atoms with van der Waals surface area (Å²) in [4.78, 5) is 2.34. The Balaban J connectivity index is 1.96. The number of rotatable bonds is 5. The molecule has 2 atom stereocenters. The van der Waals surface area contributed by atoms with Gasteiger partial charge in [-0.25, -0.2) is 0 Å². The molecule has 1 aliphatic rings. The molecule has 0 radical (unpaired) electrons. The number of aliphatic hydroxyl groups is 1. The van der Waals surface area contributed by atoms with Crippen LogP contribution >= 0.6 is 11.6 Å². The van der Waals surface area contributed by atoms with Crippen LogP contribution in [0.2, 0.25) is 5.02 Å². The predicted molar refractivity (Wildman–Crippen MR) is 79.4 cm³/mol. The summed E-state index contributed by atoms with van der Waals surface area (Å²) in [6, 6.07) is 5.30. The van der Waals surface area contributed by atoms with E-state index in [1.54, 1.807) is 25.1 Å². The van der Waals surface area contributed by atoms with Gasteiger partial charge < -0.3 is 14.6 Å². The van der Waals surface area contributed by atoms with Gasteiger partial charge in [0.05, 0.1) is 12.7 Å². The minimum absolute atomic E-state index is 0.0706. The van der Waals surface area contributed by atoms with Crippen LogP contribution < -0.4 is 4.74 Å². The number of hydrogen-bond donors (Lipinski definition) is 1. The van der Waals surface area contributed by atoms with E-state index in [1.807, 2.05) is 0 Å². The van der Waals surface area contributed by atoms with Crippen LogP contribution in [0.4, 0.5) is 0 Å². The second kappa shape index (κ2) is 7.27. The number of benzene rings is 1. The average molecular weight is 300 g/mol. The summed E-state index contributed by atoms with van der Waals surface area (Å²) in [6.45, 7) is 7.97. The zero-order valence-corrected chi connectivity index (χ0v) is 12.8. The summed E-state index contributed by atoms with van der Waals surface area (Å²) in [6.07, 6.45) is -0.538. The number of morpholine rings is 1. The fraction of sp³-hybridized carbons (Fsp3) is 0.600. The van der Waals surface area contributed by atoms with Crippen molar-refractivity contribution in [2.75, 3.05) is 32.8 Å². The van der Waals surface area contributed by atoms with E-state index in [1.165, 1.54) is 0 Å². The molecule has 0 aliphatic carbocycles. The minimum atomic E-state index is -0.608. The van der Waals surface area contributed by atoms with Crippen LogP contribution in [0, 0.1) is 0 Å². The summed E-state index contributed by atoms with van der Waals surface area (Å²) >= 11 is 5.95. The molecule has 1 aliphatic heterocycles. The molecule has 0 bridgehead atoms. The first kappa shape index (κ1) is 15.6. The molecule has 1 aromatic rings. The van der Waals surface area contributed by atoms with Crippen molar-refractivity contribution in [3.8, 4) is 5.75 Å². The summed E-state index contributed by atoms with van der Waals surface area (Å²) in [7, 11) is 0. The third-order valence-corrected chi connectivity index (χ3v) is 3.75. The van der Waals surface area contributed by atoms with Gasteiger partial charge in [-0.05, 0) is 31.7 Å². The van der Waals surface area contributed by atoms with E-state index < -0.39 is 6.10 Å². The number of halogens is 1. The summed E-state index contributed by atoms with van der Waals surface area (Å²) in [5.41, 5.74) is 0.709. The molecule has 0 aromatic heterocycles. The predicted octanol–water partition coefficient (Wildman–Crippen LogP) is 2.49. The van der Waals surface area contributed by atoms with E-state index in [0.29, 0.717) is 22.9 Å². The maximum absolute atomic E-state index is 9.77. The van der Waals surface area contributed by atoms with Crippen LogP contribution in [0.15, 0.2) is 18.2 Å². The van der Waals surface area contributed by atoms with Crippen LogP contribution in [0.1, 0.15) is 25.5 Å². The highest BCUT2D eigenvalue weighted by atomic mass is 35.5. The molecule has 5 heteroatoms. The van der Waals surface area contributed by atoms with Gasteiger partial charge in [-0.15, -0.1) is 0 Å². The van der Waals surface area contributed by atoms with Gasteiger partial charge >= 0.3 is 0 Å². The largest absolute Gasteiger partial charge is 0.490 e. The first-order chi connectivity index (χ1) is 9.60. The van der Waals surface area contributed by atoms with Crippen molar-refractivity contribution in [2.24, 2.45) is 0 Å². The molecule has 1 fully saturated rings. The number of ether oxygens (including phenoxy) is 2. The maximum Gasteiger partial charge on any atom is 0.125 e. The van der Waals surface area contributed by atoms with Crippen molar-refractivity contribution in [1.29, 1.82) is 0 Å². The number of nitrogens with zero attached hydrogens (tertiary/aromatic N) is 1. The van der Waals surface area contributed by atoms with E-state index in [4.69, 9.17) is 21.1 Å². The van der Waals surface area contributed by atoms with Gasteiger partial charge in [0.2, 0.25) is 0 Å². The Hall–Kier alpha value is -0.810. The lowest BCUT2D eigenvalue weighted by Gasteiger charge is -2.32. The van der Waals surface area contributed by atoms with Gasteiger partial charge in [-0.3, -0.25) is 4.90 Å². The lowest BCUT2D eigenvalue weighted by Crippen LogP contribution is -2.44. The van der Waals surface area contributed by atoms with Gasteiger partial charge in [0.25, 0.3) is 0 Å². The number of aliphatic hydroxyl groups excluding tert-OH is 1. The fourth-order valence-electron chi connectivity index (χ4n) is 2.33. The highest BCUT2D eigenvalue weighted by Crippen LogP contribution is 2.28. The Kier molecular flexibility index (Phi) is 5.66. The van der Waals surface area contributed by atoms with Crippen LogP contribution in [0.3, 0.4) is 0 Å². The lowest BCUT2D eigenvalue weighted by atomic mass is 10.1. The van der Waals surface area contributed by atoms with Crippen molar-refractivity contribution < 1.29 is 14.6 Å². The Bertz CT molecular complexity index is 439. The minimum Gasteiger partial charge on any atom is -0.490 e. The van der Waals surface area contributed by atoms with Crippen LogP contribution in [0.5, 0.6) is 5.75 Å². The third kappa shape index (κ3) is 4.09. The van der Waals surface area contributed by atoms with Gasteiger partial charge in [0, 0.05) is 23.7 Å². The van der Waals surface area contributed by atoms with Crippen LogP contribution in [-0.2, 0) is 4.74 Å². The van der Waals surface area contributed by atoms with Crippen molar-refractivity contribution in [2.45, 2.75) is 26.1 Å². The Morgan fingerprint density at radius 2 is 2.35 bits per heavy atom. The molecule has 1 aromatic carbocycles. The van der Waals surface area contributed by atoms with Crippen molar-refractivity contribution in [1.82, 2.24) is 4.90 Å². The molecule has 2 rings (SSSR count). The molecule has 112 valence electrons. The topological polar surface area (TPSA) is 41.9 Å². The standard InChI is InChI=1S/C15H22ClNO3/c1-3-17-6-7-19-13(9-17)10-20-15-5-4-12(16)8-14(15)11(2)18/h4-5,8,11,13,18H,3,6-7,9-10H2,1-2H3/t11-,13?/m0/s1. The average Bonchev–Trinajstić information content (AvgIpc) is 2.46. The molecular weight excluding hydrogens is 278 g/mol. The van der Waals surface area contributed by atoms with Gasteiger partial charge in [-0.1, -0.05) is 18.5 Å². The molecule has 0 spiro atoms. The van der Waals surface area contributed by atoms with Crippen molar-refractivity contribution in [3.05, 3.63) is 28.8 Å². The zero-order valence-electron chi connectivity index (χ0n) is 12.0. The summed E-state index contributed by atoms with van der Waals surface area (Å²) in [5.74, 6) is 0.668. The second-order valence-corrected chi connectivity index (χ2v) is 5.49. The molecule has 1 unspecified atom stereocenters. The van der Waals surface area contributed by atoms with E-state index in [9.17, 15) is 5.11 Å². The van der Waals surface area contributed by atoms with Crippen LogP contribution in [0.25, 0.3) is 0 Å². The zero-order chi connectivity index (χ0) is 14.5. The van der Waals surface area contributed by atoms with Crippen molar-refractivity contribution in [3.63, 3.8) is 0 Å². The second-order valence-electron chi connectivity index (χ2n) is 5.06. The number of hydrogen-bond acceptors (Lipinski definition) is 4. The molecule has 1 N–H and O–H groups in total. The normalized spacial score (nSPS) is 21.7. The first-order valence-corrected chi connectivity index (χ1v) is 7.42. The Morgan fingerprint density at radius 1 is 1.55 bits per heavy atom. The smallest absolute Gasteiger partial charge is 0.125 e. The molecular formula is C15H22ClNO3. The van der Waals surface area contributed by atoms with Gasteiger partial charge in [-0.2, -0.15) is 0 Å². The maximum atomic E-state index is 9.77. The summed E-state index contributed by atoms with van der Waals surface area (Å²) in [5, 5.41) is 10.4. The highest BCUT2D eigenvalue weighted by molar-refractivity contribution is 6.30. The lowest BCUT2D eigenvalue weighted by molar-refractivity contribution is -0.0467. The van der Waals surface area contributed by atoms with E-state index in [-0.39, 0.29) is 6.10 Å². The monoisotopic (exact) mass is 299 g/mol. The molecule has 4 nitrogen and oxygen atoms in total. The van der Waals surface area contributed by atoms with E-state index in [0.717, 1.165) is 26.2 Å². The molecule has 1 saturated heterocycles. The SMILES string of the molecule is CCN1CCOC(COc2ccc(Cl)cc2[C@H](C)O)C1. The van der Waals surface area contributed by atoms with Crippen LogP contribution in [-0.4, -0.2) is 49.0 Å². The van der Waals surface area contributed by atoms with Gasteiger partial charge in [0.1, 0.15) is 18.5 Å². The summed E-state index contributed by atoms with van der Waals surface area (Å²) < 4.78 is 11.5. The molecule has 1 heterocycles. The quantitative estimate of drug-likeness (QED) is 0.907. The first-order valence-electron chi connectivity index (χ1n) is 7.04. The van der Waals surface area contributed by atoms with Gasteiger partial charge in [0.15, 0.2) is 0 Å². The van der Waals surface area contributed by atoms with E-state index in [2.05, 4.69) is 11.8 Å². The van der Waals surface area contributed by atoms with Crippen molar-refractivity contribution >= 4 is 11.6 Å². The molecule has 20 heavy (non-hydrogen) atoms. The highest BCUT2D eigenvalue weighted by Gasteiger charge is 2.20.